The molecule has 0 radical (unpaired) electrons. The second-order valence-electron chi connectivity index (χ2n) is 4.98. The Balaban J connectivity index is 2.29. The predicted octanol–water partition coefficient (Wildman–Crippen LogP) is 1.54. The molecule has 0 aliphatic rings. The van der Waals surface area contributed by atoms with Gasteiger partial charge < -0.3 is 20.1 Å². The molecule has 1 atom stereocenters. The van der Waals surface area contributed by atoms with E-state index in [1.807, 2.05) is 14.1 Å². The zero-order valence-corrected chi connectivity index (χ0v) is 13.4. The van der Waals surface area contributed by atoms with Gasteiger partial charge in [-0.2, -0.15) is 20.2 Å². The Hall–Kier alpha value is -3.08. The molecule has 0 aliphatic carbocycles. The number of benzene rings is 1. The van der Waals surface area contributed by atoms with E-state index in [2.05, 4.69) is 21.0 Å². The minimum atomic E-state index is -0.471. The number of nitriles is 1. The maximum Gasteiger partial charge on any atom is 0.230 e. The first-order valence-electron chi connectivity index (χ1n) is 6.88. The topological polar surface area (TPSA) is 110 Å². The molecule has 8 heteroatoms. The van der Waals surface area contributed by atoms with Crippen LogP contribution in [0, 0.1) is 11.3 Å². The number of nitrogens with two attached hydrogens (primary N) is 1. The Labute approximate surface area is 134 Å². The average molecular weight is 314 g/mol. The second-order valence-corrected chi connectivity index (χ2v) is 4.98. The Kier molecular flexibility index (Phi) is 4.81. The zero-order chi connectivity index (χ0) is 17.0. The number of ether oxygens (including phenoxy) is 2. The van der Waals surface area contributed by atoms with Crippen LogP contribution in [0.4, 0.5) is 11.9 Å². The standard InChI is InChI=1S/C15H18N6O2/c1-9(13-18-14(17)20-15(19-13)21(2)3)23-11-6-5-10(8-16)7-12(11)22-4/h5-7,9H,1-4H3,(H2,17,18,19,20). The molecule has 0 saturated carbocycles. The average Bonchev–Trinajstić information content (AvgIpc) is 2.54. The van der Waals surface area contributed by atoms with Crippen molar-refractivity contribution in [2.24, 2.45) is 0 Å². The quantitative estimate of drug-likeness (QED) is 0.884. The fourth-order valence-electron chi connectivity index (χ4n) is 1.86. The largest absolute Gasteiger partial charge is 0.493 e. The Morgan fingerprint density at radius 2 is 1.96 bits per heavy atom. The van der Waals surface area contributed by atoms with E-state index in [9.17, 15) is 0 Å². The highest BCUT2D eigenvalue weighted by molar-refractivity contribution is 5.47. The maximum absolute atomic E-state index is 8.93. The van der Waals surface area contributed by atoms with Gasteiger partial charge in [0.25, 0.3) is 0 Å². The molecule has 0 bridgehead atoms. The van der Waals surface area contributed by atoms with E-state index in [1.165, 1.54) is 7.11 Å². The third-order valence-corrected chi connectivity index (χ3v) is 3.02. The molecule has 0 aliphatic heterocycles. The van der Waals surface area contributed by atoms with Gasteiger partial charge in [-0.25, -0.2) is 0 Å². The monoisotopic (exact) mass is 314 g/mol. The summed E-state index contributed by atoms with van der Waals surface area (Å²) in [6.45, 7) is 1.80. The van der Waals surface area contributed by atoms with Crippen molar-refractivity contribution >= 4 is 11.9 Å². The third-order valence-electron chi connectivity index (χ3n) is 3.02. The van der Waals surface area contributed by atoms with E-state index >= 15 is 0 Å². The van der Waals surface area contributed by atoms with Crippen LogP contribution >= 0.6 is 0 Å². The lowest BCUT2D eigenvalue weighted by molar-refractivity contribution is 0.206. The Morgan fingerprint density at radius 1 is 1.22 bits per heavy atom. The molecule has 1 aromatic carbocycles. The molecular weight excluding hydrogens is 296 g/mol. The van der Waals surface area contributed by atoms with E-state index in [-0.39, 0.29) is 5.95 Å². The first-order chi connectivity index (χ1) is 10.9. The number of methoxy groups -OCH3 is 1. The van der Waals surface area contributed by atoms with Crippen LogP contribution in [0.3, 0.4) is 0 Å². The van der Waals surface area contributed by atoms with Crippen molar-refractivity contribution in [3.05, 3.63) is 29.6 Å². The summed E-state index contributed by atoms with van der Waals surface area (Å²) in [7, 11) is 5.14. The minimum Gasteiger partial charge on any atom is -0.493 e. The van der Waals surface area contributed by atoms with Crippen LogP contribution in [0.2, 0.25) is 0 Å². The maximum atomic E-state index is 8.93. The van der Waals surface area contributed by atoms with Crippen molar-refractivity contribution in [2.75, 3.05) is 31.8 Å². The Morgan fingerprint density at radius 3 is 2.57 bits per heavy atom. The van der Waals surface area contributed by atoms with Crippen LogP contribution < -0.4 is 20.1 Å². The summed E-state index contributed by atoms with van der Waals surface area (Å²) in [4.78, 5) is 14.2. The molecule has 1 heterocycles. The van der Waals surface area contributed by atoms with E-state index in [1.54, 1.807) is 30.0 Å². The van der Waals surface area contributed by atoms with Gasteiger partial charge in [0.15, 0.2) is 23.4 Å². The van der Waals surface area contributed by atoms with Gasteiger partial charge in [0, 0.05) is 20.2 Å². The van der Waals surface area contributed by atoms with E-state index in [4.69, 9.17) is 20.5 Å². The molecule has 8 nitrogen and oxygen atoms in total. The highest BCUT2D eigenvalue weighted by Crippen LogP contribution is 2.31. The van der Waals surface area contributed by atoms with Gasteiger partial charge in [-0.05, 0) is 19.1 Å². The third kappa shape index (κ3) is 3.77. The highest BCUT2D eigenvalue weighted by Gasteiger charge is 2.17. The van der Waals surface area contributed by atoms with Gasteiger partial charge in [-0.15, -0.1) is 0 Å². The first-order valence-corrected chi connectivity index (χ1v) is 6.88. The number of nitrogens with zero attached hydrogens (tertiary/aromatic N) is 5. The number of anilines is 2. The molecule has 2 N–H and O–H groups in total. The number of nitrogen functional groups attached to an aromatic ring is 1. The van der Waals surface area contributed by atoms with Crippen molar-refractivity contribution in [3.8, 4) is 17.6 Å². The molecule has 2 rings (SSSR count). The molecule has 0 saturated heterocycles. The van der Waals surface area contributed by atoms with Crippen molar-refractivity contribution in [2.45, 2.75) is 13.0 Å². The van der Waals surface area contributed by atoms with Crippen molar-refractivity contribution in [1.29, 1.82) is 5.26 Å². The van der Waals surface area contributed by atoms with Crippen molar-refractivity contribution < 1.29 is 9.47 Å². The molecule has 120 valence electrons. The first kappa shape index (κ1) is 16.3. The van der Waals surface area contributed by atoms with Crippen LogP contribution in [-0.2, 0) is 0 Å². The molecule has 0 amide bonds. The van der Waals surface area contributed by atoms with Gasteiger partial charge in [0.05, 0.1) is 18.7 Å². The normalized spacial score (nSPS) is 11.4. The number of aromatic nitrogens is 3. The zero-order valence-electron chi connectivity index (χ0n) is 13.4. The Bertz CT molecular complexity index is 741. The second kappa shape index (κ2) is 6.79. The summed E-state index contributed by atoms with van der Waals surface area (Å²) in [5, 5.41) is 8.93. The predicted molar refractivity (Wildman–Crippen MR) is 85.3 cm³/mol. The summed E-state index contributed by atoms with van der Waals surface area (Å²) in [5.74, 6) is 1.94. The van der Waals surface area contributed by atoms with Gasteiger partial charge in [0.1, 0.15) is 0 Å². The molecule has 1 aromatic heterocycles. The number of hydrogen-bond acceptors (Lipinski definition) is 8. The molecule has 1 unspecified atom stereocenters. The highest BCUT2D eigenvalue weighted by atomic mass is 16.5. The fourth-order valence-corrected chi connectivity index (χ4v) is 1.86. The summed E-state index contributed by atoms with van der Waals surface area (Å²) < 4.78 is 11.1. The van der Waals surface area contributed by atoms with Crippen molar-refractivity contribution in [3.63, 3.8) is 0 Å². The van der Waals surface area contributed by atoms with Crippen LogP contribution in [0.1, 0.15) is 24.4 Å². The van der Waals surface area contributed by atoms with E-state index in [0.717, 1.165) is 0 Å². The molecule has 0 fully saturated rings. The van der Waals surface area contributed by atoms with Crippen molar-refractivity contribution in [1.82, 2.24) is 15.0 Å². The van der Waals surface area contributed by atoms with Gasteiger partial charge >= 0.3 is 0 Å². The number of rotatable bonds is 5. The number of hydrogen-bond donors (Lipinski definition) is 1. The van der Waals surface area contributed by atoms with Crippen LogP contribution in [0.15, 0.2) is 18.2 Å². The lowest BCUT2D eigenvalue weighted by Crippen LogP contribution is -2.18. The van der Waals surface area contributed by atoms with Crippen LogP contribution in [0.25, 0.3) is 0 Å². The lowest BCUT2D eigenvalue weighted by Gasteiger charge is -2.18. The molecule has 23 heavy (non-hydrogen) atoms. The van der Waals surface area contributed by atoms with Gasteiger partial charge in [0.2, 0.25) is 11.9 Å². The summed E-state index contributed by atoms with van der Waals surface area (Å²) in [6.07, 6.45) is -0.471. The summed E-state index contributed by atoms with van der Waals surface area (Å²) in [6, 6.07) is 6.98. The van der Waals surface area contributed by atoms with E-state index in [0.29, 0.717) is 28.8 Å². The van der Waals surface area contributed by atoms with Gasteiger partial charge in [-0.1, -0.05) is 0 Å². The molecule has 2 aromatic rings. The van der Waals surface area contributed by atoms with E-state index < -0.39 is 6.10 Å². The lowest BCUT2D eigenvalue weighted by atomic mass is 10.2. The summed E-state index contributed by atoms with van der Waals surface area (Å²) in [5.41, 5.74) is 6.20. The van der Waals surface area contributed by atoms with Crippen LogP contribution in [-0.4, -0.2) is 36.2 Å². The smallest absolute Gasteiger partial charge is 0.230 e. The fraction of sp³-hybridized carbons (Fsp3) is 0.333. The molecular formula is C15H18N6O2. The minimum absolute atomic E-state index is 0.126. The SMILES string of the molecule is COc1cc(C#N)ccc1OC(C)c1nc(N)nc(N(C)C)n1. The van der Waals surface area contributed by atoms with Crippen LogP contribution in [0.5, 0.6) is 11.5 Å². The van der Waals surface area contributed by atoms with Gasteiger partial charge in [-0.3, -0.25) is 0 Å². The summed E-state index contributed by atoms with van der Waals surface area (Å²) >= 11 is 0. The molecule has 0 spiro atoms.